The van der Waals surface area contributed by atoms with Gasteiger partial charge in [0.15, 0.2) is 0 Å². The molecule has 2 N–H and O–H groups in total. The molecule has 0 aromatic heterocycles. The molecule has 2 aromatic rings. The monoisotopic (exact) mass is 270 g/mol. The maximum atomic E-state index is 10.1. The van der Waals surface area contributed by atoms with E-state index >= 15 is 0 Å². The fraction of sp³-hybridized carbons (Fsp3) is 0.333. The van der Waals surface area contributed by atoms with Crippen LogP contribution in [0.25, 0.3) is 0 Å². The first-order valence-corrected chi connectivity index (χ1v) is 6.92. The van der Waals surface area contributed by atoms with Crippen LogP contribution in [0.2, 0.25) is 0 Å². The minimum Gasteiger partial charge on any atom is -0.507 e. The average Bonchev–Trinajstić information content (AvgIpc) is 2.41. The third-order valence-electron chi connectivity index (χ3n) is 4.15. The number of hydrogen-bond acceptors (Lipinski definition) is 2. The summed E-state index contributed by atoms with van der Waals surface area (Å²) >= 11 is 0. The number of aryl methyl sites for hydroxylation is 3. The van der Waals surface area contributed by atoms with E-state index in [-0.39, 0.29) is 5.92 Å². The number of aromatic hydroxyl groups is 2. The molecular formula is C18H22O2. The van der Waals surface area contributed by atoms with Crippen LogP contribution in [0.5, 0.6) is 11.5 Å². The number of phenols is 2. The second kappa shape index (κ2) is 5.20. The maximum Gasteiger partial charge on any atom is 0.121 e. The minimum atomic E-state index is 0.180. The Morgan fingerprint density at radius 1 is 0.800 bits per heavy atom. The van der Waals surface area contributed by atoms with Gasteiger partial charge >= 0.3 is 0 Å². The zero-order chi connectivity index (χ0) is 15.0. The summed E-state index contributed by atoms with van der Waals surface area (Å²) in [5, 5.41) is 20.0. The predicted octanol–water partition coefficient (Wildman–Crippen LogP) is 4.48. The topological polar surface area (TPSA) is 40.5 Å². The zero-order valence-corrected chi connectivity index (χ0v) is 12.8. The van der Waals surface area contributed by atoms with E-state index in [4.69, 9.17) is 0 Å². The number of phenolic OH excluding ortho intramolecular Hbond substituents is 2. The van der Waals surface area contributed by atoms with E-state index in [2.05, 4.69) is 13.0 Å². The first-order chi connectivity index (χ1) is 9.32. The van der Waals surface area contributed by atoms with E-state index in [1.165, 1.54) is 0 Å². The van der Waals surface area contributed by atoms with Crippen LogP contribution in [0.4, 0.5) is 0 Å². The molecule has 20 heavy (non-hydrogen) atoms. The smallest absolute Gasteiger partial charge is 0.121 e. The summed E-state index contributed by atoms with van der Waals surface area (Å²) in [6.45, 7) is 9.82. The molecule has 0 radical (unpaired) electrons. The number of rotatable bonds is 2. The third-order valence-corrected chi connectivity index (χ3v) is 4.15. The van der Waals surface area contributed by atoms with Gasteiger partial charge in [0.25, 0.3) is 0 Å². The molecule has 0 saturated carbocycles. The van der Waals surface area contributed by atoms with Crippen LogP contribution in [0.1, 0.15) is 46.2 Å². The van der Waals surface area contributed by atoms with Crippen LogP contribution >= 0.6 is 0 Å². The quantitative estimate of drug-likeness (QED) is 0.844. The van der Waals surface area contributed by atoms with Crippen LogP contribution in [0.3, 0.4) is 0 Å². The SMILES string of the molecule is Cc1cc(C(C)c2ccc(C)c(O)c2C)cc(C)c1O. The Morgan fingerprint density at radius 2 is 1.35 bits per heavy atom. The lowest BCUT2D eigenvalue weighted by Crippen LogP contribution is -2.01. The Kier molecular flexibility index (Phi) is 3.76. The molecule has 0 spiro atoms. The Labute approximate surface area is 120 Å². The molecule has 2 aromatic carbocycles. The summed E-state index contributed by atoms with van der Waals surface area (Å²) in [4.78, 5) is 0. The van der Waals surface area contributed by atoms with Crippen molar-refractivity contribution in [3.63, 3.8) is 0 Å². The molecule has 0 fully saturated rings. The Hall–Kier alpha value is -1.96. The fourth-order valence-electron chi connectivity index (χ4n) is 2.74. The van der Waals surface area contributed by atoms with E-state index in [9.17, 15) is 10.2 Å². The van der Waals surface area contributed by atoms with Crippen molar-refractivity contribution in [3.05, 3.63) is 57.6 Å². The van der Waals surface area contributed by atoms with Crippen LogP contribution in [0, 0.1) is 27.7 Å². The third kappa shape index (κ3) is 2.38. The molecule has 2 nitrogen and oxygen atoms in total. The number of benzene rings is 2. The van der Waals surface area contributed by atoms with Crippen molar-refractivity contribution in [3.8, 4) is 11.5 Å². The van der Waals surface area contributed by atoms with Crippen molar-refractivity contribution in [1.29, 1.82) is 0 Å². The lowest BCUT2D eigenvalue weighted by Gasteiger charge is -2.19. The molecule has 0 bridgehead atoms. The van der Waals surface area contributed by atoms with Crippen LogP contribution < -0.4 is 0 Å². The van der Waals surface area contributed by atoms with Gasteiger partial charge in [-0.15, -0.1) is 0 Å². The first kappa shape index (κ1) is 14.4. The van der Waals surface area contributed by atoms with E-state index in [1.807, 2.05) is 45.9 Å². The predicted molar refractivity (Wildman–Crippen MR) is 82.7 cm³/mol. The van der Waals surface area contributed by atoms with Gasteiger partial charge < -0.3 is 10.2 Å². The zero-order valence-electron chi connectivity index (χ0n) is 12.8. The van der Waals surface area contributed by atoms with Gasteiger partial charge in [0.05, 0.1) is 0 Å². The second-order valence-electron chi connectivity index (χ2n) is 5.67. The summed E-state index contributed by atoms with van der Waals surface area (Å²) in [5.41, 5.74) is 5.89. The highest BCUT2D eigenvalue weighted by Crippen LogP contribution is 2.35. The lowest BCUT2D eigenvalue weighted by atomic mass is 9.87. The van der Waals surface area contributed by atoms with Crippen LogP contribution in [-0.4, -0.2) is 10.2 Å². The minimum absolute atomic E-state index is 0.180. The van der Waals surface area contributed by atoms with Crippen molar-refractivity contribution >= 4 is 0 Å². The van der Waals surface area contributed by atoms with Gasteiger partial charge in [-0.1, -0.05) is 31.2 Å². The highest BCUT2D eigenvalue weighted by molar-refractivity contribution is 5.50. The molecule has 106 valence electrons. The van der Waals surface area contributed by atoms with Crippen LogP contribution in [0.15, 0.2) is 24.3 Å². The summed E-state index contributed by atoms with van der Waals surface area (Å²) in [6.07, 6.45) is 0. The van der Waals surface area contributed by atoms with Gasteiger partial charge in [0.1, 0.15) is 11.5 Å². The van der Waals surface area contributed by atoms with E-state index in [0.717, 1.165) is 33.4 Å². The highest BCUT2D eigenvalue weighted by Gasteiger charge is 2.16. The van der Waals surface area contributed by atoms with E-state index in [0.29, 0.717) is 11.5 Å². The summed E-state index contributed by atoms with van der Waals surface area (Å²) in [5.74, 6) is 0.922. The highest BCUT2D eigenvalue weighted by atomic mass is 16.3. The average molecular weight is 270 g/mol. The summed E-state index contributed by atoms with van der Waals surface area (Å²) in [7, 11) is 0. The molecule has 0 aliphatic rings. The molecule has 2 rings (SSSR count). The largest absolute Gasteiger partial charge is 0.507 e. The van der Waals surface area contributed by atoms with Gasteiger partial charge in [-0.2, -0.15) is 0 Å². The van der Waals surface area contributed by atoms with Crippen LogP contribution in [-0.2, 0) is 0 Å². The molecule has 1 atom stereocenters. The summed E-state index contributed by atoms with van der Waals surface area (Å²) in [6, 6.07) is 8.06. The molecule has 0 amide bonds. The van der Waals surface area contributed by atoms with Gasteiger partial charge in [0.2, 0.25) is 0 Å². The Morgan fingerprint density at radius 3 is 1.90 bits per heavy atom. The standard InChI is InChI=1S/C18H22O2/c1-10-6-7-16(14(5)18(10)20)13(4)15-8-11(2)17(19)12(3)9-15/h6-9,13,19-20H,1-5H3. The maximum absolute atomic E-state index is 10.1. The Bertz CT molecular complexity index is 634. The molecular weight excluding hydrogens is 248 g/mol. The second-order valence-corrected chi connectivity index (χ2v) is 5.67. The van der Waals surface area contributed by atoms with Crippen molar-refractivity contribution in [1.82, 2.24) is 0 Å². The van der Waals surface area contributed by atoms with Gasteiger partial charge in [-0.05, 0) is 61.1 Å². The molecule has 1 unspecified atom stereocenters. The van der Waals surface area contributed by atoms with Gasteiger partial charge in [-0.25, -0.2) is 0 Å². The molecule has 0 heterocycles. The van der Waals surface area contributed by atoms with Gasteiger partial charge in [-0.3, -0.25) is 0 Å². The van der Waals surface area contributed by atoms with Crippen molar-refractivity contribution in [2.75, 3.05) is 0 Å². The first-order valence-electron chi connectivity index (χ1n) is 6.92. The van der Waals surface area contributed by atoms with Crippen molar-refractivity contribution < 1.29 is 10.2 Å². The van der Waals surface area contributed by atoms with E-state index in [1.54, 1.807) is 0 Å². The Balaban J connectivity index is 2.52. The fourth-order valence-corrected chi connectivity index (χ4v) is 2.74. The summed E-state index contributed by atoms with van der Waals surface area (Å²) < 4.78 is 0. The normalized spacial score (nSPS) is 12.4. The van der Waals surface area contributed by atoms with Crippen molar-refractivity contribution in [2.45, 2.75) is 40.5 Å². The lowest BCUT2D eigenvalue weighted by molar-refractivity contribution is 0.464. The van der Waals surface area contributed by atoms with Crippen molar-refractivity contribution in [2.24, 2.45) is 0 Å². The molecule has 0 aliphatic heterocycles. The molecule has 0 saturated heterocycles. The molecule has 2 heteroatoms. The molecule has 0 aliphatic carbocycles. The number of hydrogen-bond donors (Lipinski definition) is 2. The van der Waals surface area contributed by atoms with Gasteiger partial charge in [0, 0.05) is 5.92 Å². The van der Waals surface area contributed by atoms with E-state index < -0.39 is 0 Å².